The van der Waals surface area contributed by atoms with Crippen molar-refractivity contribution in [3.05, 3.63) is 12.7 Å². The number of carbonyl (C=O) groups excluding carboxylic acids is 2. The third kappa shape index (κ3) is 6.16. The van der Waals surface area contributed by atoms with Crippen LogP contribution in [0, 0.1) is 0 Å². The first-order valence-corrected chi connectivity index (χ1v) is 4.17. The van der Waals surface area contributed by atoms with Gasteiger partial charge in [-0.25, -0.2) is 9.59 Å². The molecule has 0 aliphatic rings. The summed E-state index contributed by atoms with van der Waals surface area (Å²) in [6.07, 6.45) is 1.20. The van der Waals surface area contributed by atoms with Crippen LogP contribution in [0.1, 0.15) is 19.8 Å². The van der Waals surface area contributed by atoms with Gasteiger partial charge < -0.3 is 9.47 Å². The van der Waals surface area contributed by atoms with Crippen molar-refractivity contribution in [2.24, 2.45) is 0 Å². The lowest BCUT2D eigenvalue weighted by Gasteiger charge is -2.14. The van der Waals surface area contributed by atoms with Crippen molar-refractivity contribution in [1.29, 1.82) is 0 Å². The van der Waals surface area contributed by atoms with Gasteiger partial charge >= 0.3 is 11.4 Å². The van der Waals surface area contributed by atoms with Crippen molar-refractivity contribution in [3.8, 4) is 0 Å². The third-order valence-electron chi connectivity index (χ3n) is 1.16. The van der Waals surface area contributed by atoms with Gasteiger partial charge in [-0.05, 0) is 6.42 Å². The van der Waals surface area contributed by atoms with Gasteiger partial charge in [-0.1, -0.05) is 13.5 Å². The van der Waals surface area contributed by atoms with Gasteiger partial charge in [-0.15, -0.1) is 0 Å². The number of ether oxygens (including phenoxy) is 2. The zero-order valence-electron chi connectivity index (χ0n) is 7.29. The molecule has 0 aliphatic heterocycles. The molecule has 0 fully saturated rings. The molecule has 0 aliphatic carbocycles. The van der Waals surface area contributed by atoms with Crippen LogP contribution in [0.3, 0.4) is 0 Å². The molecule has 0 aromatic rings. The molecule has 0 rings (SSSR count). The molecule has 74 valence electrons. The molecular weight excluding hydrogens is 196 g/mol. The summed E-state index contributed by atoms with van der Waals surface area (Å²) in [6.45, 7) is 5.06. The first-order chi connectivity index (χ1) is 6.10. The van der Waals surface area contributed by atoms with Gasteiger partial charge in [0.1, 0.15) is 0 Å². The van der Waals surface area contributed by atoms with Crippen LogP contribution < -0.4 is 0 Å². The van der Waals surface area contributed by atoms with Crippen LogP contribution >= 0.6 is 11.6 Å². The summed E-state index contributed by atoms with van der Waals surface area (Å²) in [5, 5.41) is 0. The second kappa shape index (κ2) is 6.48. The van der Waals surface area contributed by atoms with Crippen LogP contribution in [0.2, 0.25) is 0 Å². The Labute approximate surface area is 81.5 Å². The molecule has 1 unspecified atom stereocenters. The first kappa shape index (κ1) is 12.0. The van der Waals surface area contributed by atoms with Crippen LogP contribution in [0.4, 0.5) is 4.79 Å². The molecule has 0 radical (unpaired) electrons. The third-order valence-corrected chi connectivity index (χ3v) is 1.25. The highest BCUT2D eigenvalue weighted by atomic mass is 35.5. The molecular formula is C8H11ClO4. The minimum Gasteiger partial charge on any atom is -0.422 e. The van der Waals surface area contributed by atoms with Crippen LogP contribution in [0.15, 0.2) is 12.7 Å². The Kier molecular flexibility index (Phi) is 5.97. The molecule has 0 bridgehead atoms. The Morgan fingerprint density at radius 2 is 2.15 bits per heavy atom. The number of halogens is 1. The smallest absolute Gasteiger partial charge is 0.406 e. The summed E-state index contributed by atoms with van der Waals surface area (Å²) in [5.74, 6) is -0.642. The van der Waals surface area contributed by atoms with Crippen molar-refractivity contribution in [2.75, 3.05) is 0 Å². The van der Waals surface area contributed by atoms with Crippen molar-refractivity contribution >= 4 is 23.0 Å². The quantitative estimate of drug-likeness (QED) is 0.300. The molecule has 0 N–H and O–H groups in total. The second-order valence-electron chi connectivity index (χ2n) is 2.21. The number of carbonyl (C=O) groups is 2. The predicted molar refractivity (Wildman–Crippen MR) is 47.3 cm³/mol. The minimum atomic E-state index is -0.990. The summed E-state index contributed by atoms with van der Waals surface area (Å²) in [5.41, 5.74) is -0.990. The van der Waals surface area contributed by atoms with Gasteiger partial charge in [-0.3, -0.25) is 0 Å². The number of hydrogen-bond donors (Lipinski definition) is 0. The van der Waals surface area contributed by atoms with Crippen molar-refractivity contribution in [2.45, 2.75) is 26.1 Å². The monoisotopic (exact) mass is 206 g/mol. The SMILES string of the molecule is C=CC(=O)OC(CCC)OC(=O)Cl. The highest BCUT2D eigenvalue weighted by Gasteiger charge is 2.14. The number of rotatable bonds is 5. The fourth-order valence-electron chi connectivity index (χ4n) is 0.659. The lowest BCUT2D eigenvalue weighted by Crippen LogP contribution is -2.21. The van der Waals surface area contributed by atoms with Gasteiger partial charge in [0, 0.05) is 24.1 Å². The van der Waals surface area contributed by atoms with Gasteiger partial charge in [0.2, 0.25) is 6.29 Å². The van der Waals surface area contributed by atoms with Crippen molar-refractivity contribution < 1.29 is 19.1 Å². The minimum absolute atomic E-state index is 0.415. The Bertz CT molecular complexity index is 202. The first-order valence-electron chi connectivity index (χ1n) is 3.79. The second-order valence-corrected chi connectivity index (χ2v) is 2.52. The average Bonchev–Trinajstić information content (AvgIpc) is 2.03. The maximum atomic E-state index is 10.7. The highest BCUT2D eigenvalue weighted by Crippen LogP contribution is 2.06. The van der Waals surface area contributed by atoms with E-state index >= 15 is 0 Å². The van der Waals surface area contributed by atoms with E-state index in [1.54, 1.807) is 0 Å². The van der Waals surface area contributed by atoms with Crippen molar-refractivity contribution in [1.82, 2.24) is 0 Å². The number of hydrogen-bond acceptors (Lipinski definition) is 4. The van der Waals surface area contributed by atoms with E-state index < -0.39 is 17.7 Å². The summed E-state index contributed by atoms with van der Waals surface area (Å²) in [7, 11) is 0. The molecule has 0 aromatic carbocycles. The lowest BCUT2D eigenvalue weighted by molar-refractivity contribution is -0.161. The molecule has 0 aromatic heterocycles. The molecule has 0 amide bonds. The normalized spacial score (nSPS) is 11.5. The largest absolute Gasteiger partial charge is 0.422 e. The Hall–Kier alpha value is -1.03. The Morgan fingerprint density at radius 3 is 2.54 bits per heavy atom. The predicted octanol–water partition coefficient (Wildman–Crippen LogP) is 2.22. The van der Waals surface area contributed by atoms with E-state index in [9.17, 15) is 9.59 Å². The zero-order chi connectivity index (χ0) is 10.3. The maximum absolute atomic E-state index is 10.7. The summed E-state index contributed by atoms with van der Waals surface area (Å²) < 4.78 is 9.17. The van der Waals surface area contributed by atoms with Gasteiger partial charge in [0.15, 0.2) is 0 Å². The van der Waals surface area contributed by atoms with E-state index in [1.807, 2.05) is 6.92 Å². The lowest BCUT2D eigenvalue weighted by atomic mass is 10.3. The zero-order valence-corrected chi connectivity index (χ0v) is 8.04. The van der Waals surface area contributed by atoms with E-state index in [-0.39, 0.29) is 0 Å². The Balaban J connectivity index is 4.00. The molecule has 0 saturated heterocycles. The standard InChI is InChI=1S/C8H11ClO4/c1-3-5-7(13-8(9)11)12-6(10)4-2/h4,7H,2-3,5H2,1H3. The summed E-state index contributed by atoms with van der Waals surface area (Å²) in [6, 6.07) is 0. The molecule has 0 saturated carbocycles. The molecule has 5 heteroatoms. The van der Waals surface area contributed by atoms with Gasteiger partial charge in [0.25, 0.3) is 0 Å². The van der Waals surface area contributed by atoms with Gasteiger partial charge in [0.05, 0.1) is 0 Å². The van der Waals surface area contributed by atoms with Crippen LogP contribution in [0.25, 0.3) is 0 Å². The topological polar surface area (TPSA) is 52.6 Å². The highest BCUT2D eigenvalue weighted by molar-refractivity contribution is 6.61. The van der Waals surface area contributed by atoms with Crippen molar-refractivity contribution in [3.63, 3.8) is 0 Å². The fraction of sp³-hybridized carbons (Fsp3) is 0.500. The number of esters is 1. The van der Waals surface area contributed by atoms with Crippen LogP contribution in [0.5, 0.6) is 0 Å². The fourth-order valence-corrected chi connectivity index (χ4v) is 0.758. The molecule has 4 nitrogen and oxygen atoms in total. The van der Waals surface area contributed by atoms with E-state index in [2.05, 4.69) is 16.1 Å². The van der Waals surface area contributed by atoms with Crippen LogP contribution in [-0.2, 0) is 14.3 Å². The van der Waals surface area contributed by atoms with E-state index in [0.717, 1.165) is 6.08 Å². The van der Waals surface area contributed by atoms with Gasteiger partial charge in [-0.2, -0.15) is 0 Å². The molecule has 1 atom stereocenters. The summed E-state index contributed by atoms with van der Waals surface area (Å²) >= 11 is 4.96. The van der Waals surface area contributed by atoms with E-state index in [4.69, 9.17) is 11.6 Å². The average molecular weight is 207 g/mol. The van der Waals surface area contributed by atoms with E-state index in [1.165, 1.54) is 0 Å². The Morgan fingerprint density at radius 1 is 1.54 bits per heavy atom. The maximum Gasteiger partial charge on any atom is 0.406 e. The van der Waals surface area contributed by atoms with Crippen LogP contribution in [-0.4, -0.2) is 17.7 Å². The molecule has 13 heavy (non-hydrogen) atoms. The summed E-state index contributed by atoms with van der Waals surface area (Å²) in [4.78, 5) is 21.0. The molecule has 0 spiro atoms. The van der Waals surface area contributed by atoms with E-state index in [0.29, 0.717) is 12.8 Å². The molecule has 0 heterocycles.